The summed E-state index contributed by atoms with van der Waals surface area (Å²) in [5, 5.41) is 3.09. The second-order valence-corrected chi connectivity index (χ2v) is 8.78. The lowest BCUT2D eigenvalue weighted by Gasteiger charge is -2.28. The van der Waals surface area contributed by atoms with Gasteiger partial charge in [0.25, 0.3) is 15.9 Å². The van der Waals surface area contributed by atoms with Crippen LogP contribution in [0.3, 0.4) is 0 Å². The maximum atomic E-state index is 12.6. The molecule has 2 aromatic rings. The molecule has 144 valence electrons. The first-order valence-corrected chi connectivity index (χ1v) is 10.9. The molecule has 0 bridgehead atoms. The van der Waals surface area contributed by atoms with E-state index in [9.17, 15) is 13.2 Å². The van der Waals surface area contributed by atoms with Crippen LogP contribution in [-0.4, -0.2) is 20.4 Å². The second kappa shape index (κ2) is 8.57. The Morgan fingerprint density at radius 3 is 2.37 bits per heavy atom. The Hall–Kier alpha value is -2.34. The number of carbonyl (C=O) groups is 1. The summed E-state index contributed by atoms with van der Waals surface area (Å²) >= 11 is 0. The Morgan fingerprint density at radius 2 is 1.70 bits per heavy atom. The molecule has 1 fully saturated rings. The summed E-state index contributed by atoms with van der Waals surface area (Å²) in [6.07, 6.45) is 5.51. The molecule has 0 spiro atoms. The molecule has 6 heteroatoms. The standard InChI is InChI=1S/C21H26N2O3S/c1-2-16-11-13-18(14-12-16)22-21(24)17-7-6-8-19(15-17)23-27(25,26)20-9-4-3-5-10-20/h3-10,15-16,18,23H,2,11-14H2,1H3,(H,22,24). The van der Waals surface area contributed by atoms with Crippen LogP contribution in [0.1, 0.15) is 49.4 Å². The number of anilines is 1. The SMILES string of the molecule is CCC1CCC(NC(=O)c2cccc(NS(=O)(=O)c3ccccc3)c2)CC1. The van der Waals surface area contributed by atoms with Gasteiger partial charge < -0.3 is 5.32 Å². The molecule has 0 unspecified atom stereocenters. The predicted molar refractivity (Wildman–Crippen MR) is 107 cm³/mol. The van der Waals surface area contributed by atoms with E-state index in [1.54, 1.807) is 42.5 Å². The molecule has 27 heavy (non-hydrogen) atoms. The molecule has 0 aromatic heterocycles. The zero-order chi connectivity index (χ0) is 19.3. The van der Waals surface area contributed by atoms with Gasteiger partial charge in [-0.25, -0.2) is 8.42 Å². The molecule has 1 saturated carbocycles. The average molecular weight is 387 g/mol. The number of carbonyl (C=O) groups excluding carboxylic acids is 1. The maximum Gasteiger partial charge on any atom is 0.261 e. The Bertz CT molecular complexity index is 873. The lowest BCUT2D eigenvalue weighted by atomic mass is 9.84. The quantitative estimate of drug-likeness (QED) is 0.782. The van der Waals surface area contributed by atoms with Gasteiger partial charge in [-0.2, -0.15) is 0 Å². The summed E-state index contributed by atoms with van der Waals surface area (Å²) in [5.74, 6) is 0.615. The fraction of sp³-hybridized carbons (Fsp3) is 0.381. The molecule has 2 N–H and O–H groups in total. The van der Waals surface area contributed by atoms with Gasteiger partial charge in [-0.15, -0.1) is 0 Å². The minimum absolute atomic E-state index is 0.157. The number of hydrogen-bond donors (Lipinski definition) is 2. The smallest absolute Gasteiger partial charge is 0.261 e. The van der Waals surface area contributed by atoms with Crippen molar-refractivity contribution in [3.8, 4) is 0 Å². The van der Waals surface area contributed by atoms with Gasteiger partial charge in [-0.05, 0) is 61.9 Å². The van der Waals surface area contributed by atoms with Crippen LogP contribution < -0.4 is 10.0 Å². The van der Waals surface area contributed by atoms with Crippen LogP contribution in [0.4, 0.5) is 5.69 Å². The van der Waals surface area contributed by atoms with E-state index in [0.29, 0.717) is 11.3 Å². The van der Waals surface area contributed by atoms with Gasteiger partial charge in [0.15, 0.2) is 0 Å². The molecule has 0 aliphatic heterocycles. The fourth-order valence-electron chi connectivity index (χ4n) is 3.52. The normalized spacial score (nSPS) is 20.0. The first-order valence-electron chi connectivity index (χ1n) is 9.46. The Labute approximate surface area is 161 Å². The van der Waals surface area contributed by atoms with Crippen molar-refractivity contribution in [2.45, 2.75) is 50.0 Å². The molecule has 2 aromatic carbocycles. The second-order valence-electron chi connectivity index (χ2n) is 7.10. The number of sulfonamides is 1. The van der Waals surface area contributed by atoms with Crippen molar-refractivity contribution >= 4 is 21.6 Å². The van der Waals surface area contributed by atoms with E-state index >= 15 is 0 Å². The third-order valence-electron chi connectivity index (χ3n) is 5.19. The Balaban J connectivity index is 1.66. The highest BCUT2D eigenvalue weighted by atomic mass is 32.2. The van der Waals surface area contributed by atoms with E-state index in [4.69, 9.17) is 0 Å². The van der Waals surface area contributed by atoms with Crippen molar-refractivity contribution in [3.63, 3.8) is 0 Å². The van der Waals surface area contributed by atoms with E-state index < -0.39 is 10.0 Å². The minimum atomic E-state index is -3.67. The zero-order valence-corrected chi connectivity index (χ0v) is 16.3. The minimum Gasteiger partial charge on any atom is -0.349 e. The largest absolute Gasteiger partial charge is 0.349 e. The number of rotatable bonds is 6. The third-order valence-corrected chi connectivity index (χ3v) is 6.59. The van der Waals surface area contributed by atoms with Crippen LogP contribution >= 0.6 is 0 Å². The molecular weight excluding hydrogens is 360 g/mol. The summed E-state index contributed by atoms with van der Waals surface area (Å²) in [5.41, 5.74) is 0.835. The number of amides is 1. The van der Waals surface area contributed by atoms with Crippen LogP contribution in [0.15, 0.2) is 59.5 Å². The molecular formula is C21H26N2O3S. The first kappa shape index (κ1) is 19.4. The van der Waals surface area contributed by atoms with Gasteiger partial charge in [0.05, 0.1) is 4.90 Å². The van der Waals surface area contributed by atoms with Crippen molar-refractivity contribution in [1.29, 1.82) is 0 Å². The molecule has 3 rings (SSSR count). The highest BCUT2D eigenvalue weighted by Crippen LogP contribution is 2.26. The van der Waals surface area contributed by atoms with Crippen molar-refractivity contribution < 1.29 is 13.2 Å². The van der Waals surface area contributed by atoms with Crippen molar-refractivity contribution in [1.82, 2.24) is 5.32 Å². The molecule has 0 heterocycles. The van der Waals surface area contributed by atoms with Crippen LogP contribution in [-0.2, 0) is 10.0 Å². The summed E-state index contributed by atoms with van der Waals surface area (Å²) in [4.78, 5) is 12.8. The van der Waals surface area contributed by atoms with E-state index in [0.717, 1.165) is 31.6 Å². The Morgan fingerprint density at radius 1 is 1.00 bits per heavy atom. The van der Waals surface area contributed by atoms with E-state index in [-0.39, 0.29) is 16.8 Å². The number of hydrogen-bond acceptors (Lipinski definition) is 3. The highest BCUT2D eigenvalue weighted by molar-refractivity contribution is 7.92. The predicted octanol–water partition coefficient (Wildman–Crippen LogP) is 4.19. The van der Waals surface area contributed by atoms with Crippen LogP contribution in [0.25, 0.3) is 0 Å². The summed E-state index contributed by atoms with van der Waals surface area (Å²) < 4.78 is 27.4. The molecule has 1 aliphatic carbocycles. The third kappa shape index (κ3) is 5.10. The van der Waals surface area contributed by atoms with E-state index in [2.05, 4.69) is 17.0 Å². The Kier molecular flexibility index (Phi) is 6.16. The maximum absolute atomic E-state index is 12.6. The summed E-state index contributed by atoms with van der Waals surface area (Å²) in [7, 11) is -3.67. The molecule has 1 amide bonds. The van der Waals surface area contributed by atoms with E-state index in [1.165, 1.54) is 18.6 Å². The van der Waals surface area contributed by atoms with Crippen molar-refractivity contribution in [2.24, 2.45) is 5.92 Å². The number of benzene rings is 2. The van der Waals surface area contributed by atoms with Crippen molar-refractivity contribution in [2.75, 3.05) is 4.72 Å². The monoisotopic (exact) mass is 386 g/mol. The lowest BCUT2D eigenvalue weighted by Crippen LogP contribution is -2.37. The van der Waals surface area contributed by atoms with Gasteiger partial charge in [-0.3, -0.25) is 9.52 Å². The van der Waals surface area contributed by atoms with Gasteiger partial charge in [-0.1, -0.05) is 37.6 Å². The molecule has 0 saturated heterocycles. The van der Waals surface area contributed by atoms with Crippen LogP contribution in [0.2, 0.25) is 0 Å². The molecule has 1 aliphatic rings. The summed E-state index contributed by atoms with van der Waals surface area (Å²) in [6.45, 7) is 2.21. The highest BCUT2D eigenvalue weighted by Gasteiger charge is 2.22. The van der Waals surface area contributed by atoms with E-state index in [1.807, 2.05) is 0 Å². The fourth-order valence-corrected chi connectivity index (χ4v) is 4.59. The molecule has 5 nitrogen and oxygen atoms in total. The molecule has 0 atom stereocenters. The lowest BCUT2D eigenvalue weighted by molar-refractivity contribution is 0.0921. The van der Waals surface area contributed by atoms with Gasteiger partial charge in [0.2, 0.25) is 0 Å². The average Bonchev–Trinajstić information content (AvgIpc) is 2.69. The van der Waals surface area contributed by atoms with Gasteiger partial charge in [0.1, 0.15) is 0 Å². The summed E-state index contributed by atoms with van der Waals surface area (Å²) in [6, 6.07) is 15.0. The van der Waals surface area contributed by atoms with Gasteiger partial charge in [0, 0.05) is 17.3 Å². The van der Waals surface area contributed by atoms with Crippen LogP contribution in [0.5, 0.6) is 0 Å². The topological polar surface area (TPSA) is 75.3 Å². The van der Waals surface area contributed by atoms with Crippen LogP contribution in [0, 0.1) is 5.92 Å². The first-order chi connectivity index (χ1) is 13.0. The zero-order valence-electron chi connectivity index (χ0n) is 15.5. The van der Waals surface area contributed by atoms with Gasteiger partial charge >= 0.3 is 0 Å². The van der Waals surface area contributed by atoms with Crippen molar-refractivity contribution in [3.05, 3.63) is 60.2 Å². The number of nitrogens with one attached hydrogen (secondary N) is 2. The molecule has 0 radical (unpaired) electrons.